The monoisotopic (exact) mass is 477 g/mol. The first-order valence-electron chi connectivity index (χ1n) is 12.0. The molecule has 6 rings (SSSR count). The molecule has 0 unspecified atom stereocenters. The third-order valence-corrected chi connectivity index (χ3v) is 6.95. The molecule has 1 fully saturated rings. The Bertz CT molecular complexity index is 1630. The molecule has 1 aliphatic carbocycles. The number of carbonyl (C=O) groups is 1. The van der Waals surface area contributed by atoms with Crippen molar-refractivity contribution in [2.75, 3.05) is 11.1 Å². The fourth-order valence-corrected chi connectivity index (χ4v) is 5.03. The molecule has 2 aromatic carbocycles. The highest BCUT2D eigenvalue weighted by Gasteiger charge is 2.44. The molecule has 8 nitrogen and oxygen atoms in total. The summed E-state index contributed by atoms with van der Waals surface area (Å²) in [5, 5.41) is 13.6. The van der Waals surface area contributed by atoms with Crippen molar-refractivity contribution in [2.24, 2.45) is 20.0 Å². The number of fused-ring (bicyclic) bond motifs is 1. The Labute approximate surface area is 208 Å². The largest absolute Gasteiger partial charge is 0.398 e. The van der Waals surface area contributed by atoms with Gasteiger partial charge in [0.05, 0.1) is 11.9 Å². The molecule has 180 valence electrons. The van der Waals surface area contributed by atoms with Crippen molar-refractivity contribution >= 4 is 28.2 Å². The van der Waals surface area contributed by atoms with Crippen LogP contribution >= 0.6 is 0 Å². The third-order valence-electron chi connectivity index (χ3n) is 6.95. The van der Waals surface area contributed by atoms with E-state index in [0.717, 1.165) is 50.7 Å². The van der Waals surface area contributed by atoms with Gasteiger partial charge in [0, 0.05) is 55.2 Å². The number of aromatic nitrogens is 5. The standard InChI is InChI=1S/C28H27N7O/c1-16-5-4-6-20(25-7-8-34(2)33-25)27(16)18-9-17-11-26(30-14-23(17)24(29)10-18)32-28(36)22-12-21(22)19-13-31-35(3)15-19/h4-11,13-15,21-22H,12,29H2,1-3H3,(H,30,32,36)/t21-,22+/m1/s1. The normalized spacial score (nSPS) is 16.9. The molecule has 1 aliphatic rings. The van der Waals surface area contributed by atoms with Crippen LogP contribution in [-0.4, -0.2) is 30.5 Å². The van der Waals surface area contributed by atoms with Crippen LogP contribution in [0.3, 0.4) is 0 Å². The van der Waals surface area contributed by atoms with Crippen molar-refractivity contribution in [2.45, 2.75) is 19.3 Å². The Morgan fingerprint density at radius 1 is 1.11 bits per heavy atom. The third kappa shape index (κ3) is 3.90. The van der Waals surface area contributed by atoms with Gasteiger partial charge in [-0.2, -0.15) is 10.2 Å². The fourth-order valence-electron chi connectivity index (χ4n) is 5.03. The summed E-state index contributed by atoms with van der Waals surface area (Å²) in [5.74, 6) is 0.662. The Morgan fingerprint density at radius 2 is 1.97 bits per heavy atom. The number of pyridine rings is 1. The van der Waals surface area contributed by atoms with E-state index in [9.17, 15) is 4.79 Å². The van der Waals surface area contributed by atoms with Crippen LogP contribution in [0.4, 0.5) is 11.5 Å². The molecule has 1 saturated carbocycles. The first-order valence-corrected chi connectivity index (χ1v) is 12.0. The number of hydrogen-bond donors (Lipinski definition) is 2. The highest BCUT2D eigenvalue weighted by atomic mass is 16.2. The number of carbonyl (C=O) groups excluding carboxylic acids is 1. The molecule has 0 spiro atoms. The maximum atomic E-state index is 12.9. The number of hydrogen-bond acceptors (Lipinski definition) is 5. The second-order valence-electron chi connectivity index (χ2n) is 9.61. The summed E-state index contributed by atoms with van der Waals surface area (Å²) in [4.78, 5) is 17.4. The second-order valence-corrected chi connectivity index (χ2v) is 9.61. The van der Waals surface area contributed by atoms with Gasteiger partial charge >= 0.3 is 0 Å². The van der Waals surface area contributed by atoms with Crippen LogP contribution in [-0.2, 0) is 18.9 Å². The molecule has 0 radical (unpaired) electrons. The Morgan fingerprint density at radius 3 is 2.72 bits per heavy atom. The number of anilines is 2. The smallest absolute Gasteiger partial charge is 0.229 e. The van der Waals surface area contributed by atoms with E-state index in [1.54, 1.807) is 15.6 Å². The molecule has 3 N–H and O–H groups in total. The lowest BCUT2D eigenvalue weighted by Crippen LogP contribution is -2.15. The summed E-state index contributed by atoms with van der Waals surface area (Å²) >= 11 is 0. The average molecular weight is 478 g/mol. The predicted molar refractivity (Wildman–Crippen MR) is 141 cm³/mol. The average Bonchev–Trinajstić information content (AvgIpc) is 3.35. The van der Waals surface area contributed by atoms with Crippen LogP contribution in [0.5, 0.6) is 0 Å². The number of nitrogens with one attached hydrogen (secondary N) is 1. The zero-order valence-corrected chi connectivity index (χ0v) is 20.4. The van der Waals surface area contributed by atoms with Gasteiger partial charge in [-0.25, -0.2) is 4.98 Å². The molecule has 8 heteroatoms. The zero-order chi connectivity index (χ0) is 25.0. The minimum atomic E-state index is -0.0593. The fraction of sp³-hybridized carbons (Fsp3) is 0.214. The lowest BCUT2D eigenvalue weighted by atomic mass is 9.91. The Balaban J connectivity index is 1.33. The van der Waals surface area contributed by atoms with Crippen LogP contribution in [0, 0.1) is 12.8 Å². The van der Waals surface area contributed by atoms with E-state index < -0.39 is 0 Å². The number of nitrogens with two attached hydrogens (primary N) is 1. The summed E-state index contributed by atoms with van der Waals surface area (Å²) in [6.45, 7) is 2.09. The van der Waals surface area contributed by atoms with E-state index in [-0.39, 0.29) is 17.7 Å². The van der Waals surface area contributed by atoms with Crippen LogP contribution in [0.1, 0.15) is 23.5 Å². The number of nitrogens with zero attached hydrogens (tertiary/aromatic N) is 5. The van der Waals surface area contributed by atoms with Crippen molar-refractivity contribution < 1.29 is 4.79 Å². The van der Waals surface area contributed by atoms with Crippen LogP contribution in [0.25, 0.3) is 33.2 Å². The highest BCUT2D eigenvalue weighted by molar-refractivity contribution is 6.01. The molecule has 0 saturated heterocycles. The van der Waals surface area contributed by atoms with Crippen molar-refractivity contribution in [1.82, 2.24) is 24.5 Å². The van der Waals surface area contributed by atoms with Gasteiger partial charge in [-0.1, -0.05) is 18.2 Å². The molecule has 3 aromatic heterocycles. The van der Waals surface area contributed by atoms with Crippen molar-refractivity contribution in [3.63, 3.8) is 0 Å². The van der Waals surface area contributed by atoms with E-state index in [1.807, 2.05) is 57.0 Å². The maximum Gasteiger partial charge on any atom is 0.229 e. The van der Waals surface area contributed by atoms with Gasteiger partial charge in [0.15, 0.2) is 0 Å². The lowest BCUT2D eigenvalue weighted by molar-refractivity contribution is -0.117. The van der Waals surface area contributed by atoms with Gasteiger partial charge in [0.2, 0.25) is 5.91 Å². The van der Waals surface area contributed by atoms with Gasteiger partial charge < -0.3 is 11.1 Å². The Kier molecular flexibility index (Phi) is 5.10. The number of rotatable bonds is 5. The topological polar surface area (TPSA) is 104 Å². The minimum Gasteiger partial charge on any atom is -0.398 e. The summed E-state index contributed by atoms with van der Waals surface area (Å²) in [5.41, 5.74) is 13.4. The maximum absolute atomic E-state index is 12.9. The van der Waals surface area contributed by atoms with Crippen molar-refractivity contribution in [1.29, 1.82) is 0 Å². The second kappa shape index (κ2) is 8.34. The van der Waals surface area contributed by atoms with Crippen molar-refractivity contribution in [3.05, 3.63) is 78.4 Å². The van der Waals surface area contributed by atoms with E-state index in [4.69, 9.17) is 5.73 Å². The summed E-state index contributed by atoms with van der Waals surface area (Å²) in [6, 6.07) is 14.2. The first kappa shape index (κ1) is 22.0. The van der Waals surface area contributed by atoms with Gasteiger partial charge in [-0.15, -0.1) is 0 Å². The minimum absolute atomic E-state index is 0.0174. The van der Waals surface area contributed by atoms with Gasteiger partial charge in [-0.05, 0) is 71.2 Å². The number of benzene rings is 2. The molecular formula is C28H27N7O. The molecule has 5 aromatic rings. The quantitative estimate of drug-likeness (QED) is 0.358. The molecule has 0 aliphatic heterocycles. The van der Waals surface area contributed by atoms with Crippen LogP contribution in [0.15, 0.2) is 67.3 Å². The van der Waals surface area contributed by atoms with E-state index in [1.165, 1.54) is 0 Å². The predicted octanol–water partition coefficient (Wildman–Crippen LogP) is 4.67. The van der Waals surface area contributed by atoms with E-state index in [0.29, 0.717) is 11.5 Å². The van der Waals surface area contributed by atoms with Gasteiger partial charge in [0.1, 0.15) is 5.82 Å². The van der Waals surface area contributed by atoms with Crippen molar-refractivity contribution in [3.8, 4) is 22.4 Å². The Hall–Kier alpha value is -4.46. The summed E-state index contributed by atoms with van der Waals surface area (Å²) < 4.78 is 3.57. The van der Waals surface area contributed by atoms with Gasteiger partial charge in [0.25, 0.3) is 0 Å². The van der Waals surface area contributed by atoms with E-state index in [2.05, 4.69) is 45.6 Å². The number of amides is 1. The molecule has 3 heterocycles. The number of nitrogen functional groups attached to an aromatic ring is 1. The molecule has 36 heavy (non-hydrogen) atoms. The SMILES string of the molecule is Cc1cccc(-c2ccn(C)n2)c1-c1cc(N)c2cnc(NC(=O)[C@H]3C[C@@H]3c3cnn(C)c3)cc2c1. The first-order chi connectivity index (χ1) is 17.4. The van der Waals surface area contributed by atoms with Crippen LogP contribution in [0.2, 0.25) is 0 Å². The molecule has 0 bridgehead atoms. The van der Waals surface area contributed by atoms with Gasteiger partial charge in [-0.3, -0.25) is 14.2 Å². The number of aryl methyl sites for hydroxylation is 3. The summed E-state index contributed by atoms with van der Waals surface area (Å²) in [6.07, 6.45) is 8.30. The highest BCUT2D eigenvalue weighted by Crippen LogP contribution is 2.48. The molecule has 1 amide bonds. The molecular weight excluding hydrogens is 450 g/mol. The molecule has 2 atom stereocenters. The van der Waals surface area contributed by atoms with E-state index >= 15 is 0 Å². The lowest BCUT2D eigenvalue weighted by Gasteiger charge is -2.14. The summed E-state index contributed by atoms with van der Waals surface area (Å²) in [7, 11) is 3.80. The van der Waals surface area contributed by atoms with Crippen LogP contribution < -0.4 is 11.1 Å². The zero-order valence-electron chi connectivity index (χ0n) is 20.4.